The van der Waals surface area contributed by atoms with Gasteiger partial charge in [0.2, 0.25) is 5.91 Å². The molecule has 1 rings (SSSR count). The fourth-order valence-electron chi connectivity index (χ4n) is 1.18. The zero-order chi connectivity index (χ0) is 11.6. The van der Waals surface area contributed by atoms with E-state index in [9.17, 15) is 4.79 Å². The Morgan fingerprint density at radius 1 is 1.50 bits per heavy atom. The fourth-order valence-corrected chi connectivity index (χ4v) is 1.18. The van der Waals surface area contributed by atoms with Crippen molar-refractivity contribution in [1.82, 2.24) is 20.4 Å². The molecule has 0 atom stereocenters. The molecule has 1 aromatic rings. The molecule has 0 aliphatic rings. The number of carbonyl (C=O) groups excluding carboxylic acids is 1. The molecule has 1 aromatic heterocycles. The summed E-state index contributed by atoms with van der Waals surface area (Å²) in [5, 5.41) is 9.82. The van der Waals surface area contributed by atoms with Gasteiger partial charge in [0.15, 0.2) is 0 Å². The molecule has 0 spiro atoms. The summed E-state index contributed by atoms with van der Waals surface area (Å²) in [4.78, 5) is 11.2. The molecular formula is C10H18N4O2. The number of nitrogens with one attached hydrogen (secondary N) is 2. The van der Waals surface area contributed by atoms with Crippen molar-refractivity contribution in [3.8, 4) is 0 Å². The first-order valence-corrected chi connectivity index (χ1v) is 5.26. The van der Waals surface area contributed by atoms with E-state index in [1.54, 1.807) is 13.3 Å². The minimum Gasteiger partial charge on any atom is -0.383 e. The van der Waals surface area contributed by atoms with E-state index in [1.807, 2.05) is 16.9 Å². The first-order valence-electron chi connectivity index (χ1n) is 5.26. The lowest BCUT2D eigenvalue weighted by atomic mass is 10.5. The van der Waals surface area contributed by atoms with Crippen LogP contribution in [0.3, 0.4) is 0 Å². The van der Waals surface area contributed by atoms with Gasteiger partial charge < -0.3 is 15.4 Å². The molecule has 0 aliphatic heterocycles. The monoisotopic (exact) mass is 226 g/mol. The molecule has 2 N–H and O–H groups in total. The number of nitrogens with zero attached hydrogens (tertiary/aromatic N) is 2. The Morgan fingerprint density at radius 2 is 2.38 bits per heavy atom. The maximum atomic E-state index is 11.2. The highest BCUT2D eigenvalue weighted by atomic mass is 16.5. The third kappa shape index (κ3) is 5.47. The van der Waals surface area contributed by atoms with E-state index in [1.165, 1.54) is 0 Å². The van der Waals surface area contributed by atoms with Crippen molar-refractivity contribution in [2.24, 2.45) is 0 Å². The lowest BCUT2D eigenvalue weighted by Gasteiger charge is -2.06. The predicted octanol–water partition coefficient (Wildman–Crippen LogP) is -0.765. The van der Waals surface area contributed by atoms with Gasteiger partial charge in [-0.25, -0.2) is 0 Å². The number of carbonyl (C=O) groups is 1. The molecule has 6 nitrogen and oxygen atoms in total. The van der Waals surface area contributed by atoms with Crippen LogP contribution in [-0.2, 0) is 16.1 Å². The lowest BCUT2D eigenvalue weighted by Crippen LogP contribution is -2.36. The van der Waals surface area contributed by atoms with Gasteiger partial charge in [-0.2, -0.15) is 5.10 Å². The van der Waals surface area contributed by atoms with Crippen molar-refractivity contribution >= 4 is 5.91 Å². The molecule has 0 unspecified atom stereocenters. The number of methoxy groups -OCH3 is 1. The topological polar surface area (TPSA) is 68.2 Å². The van der Waals surface area contributed by atoms with E-state index >= 15 is 0 Å². The maximum absolute atomic E-state index is 11.2. The van der Waals surface area contributed by atoms with E-state index in [-0.39, 0.29) is 5.91 Å². The number of hydrogen-bond acceptors (Lipinski definition) is 4. The summed E-state index contributed by atoms with van der Waals surface area (Å²) in [6.45, 7) is 2.90. The summed E-state index contributed by atoms with van der Waals surface area (Å²) in [5.74, 6) is -0.0162. The van der Waals surface area contributed by atoms with Gasteiger partial charge in [0.1, 0.15) is 0 Å². The molecule has 0 saturated heterocycles. The van der Waals surface area contributed by atoms with Crippen molar-refractivity contribution in [3.63, 3.8) is 0 Å². The van der Waals surface area contributed by atoms with Crippen molar-refractivity contribution in [1.29, 1.82) is 0 Å². The highest BCUT2D eigenvalue weighted by Gasteiger charge is 1.98. The molecule has 0 radical (unpaired) electrons. The van der Waals surface area contributed by atoms with E-state index in [0.717, 1.165) is 13.1 Å². The molecule has 6 heteroatoms. The van der Waals surface area contributed by atoms with Crippen LogP contribution in [0.2, 0.25) is 0 Å². The predicted molar refractivity (Wildman–Crippen MR) is 60.0 cm³/mol. The lowest BCUT2D eigenvalue weighted by molar-refractivity contribution is -0.120. The van der Waals surface area contributed by atoms with Gasteiger partial charge in [0.05, 0.1) is 19.7 Å². The quantitative estimate of drug-likeness (QED) is 0.571. The second kappa shape index (κ2) is 7.84. The molecule has 1 amide bonds. The average molecular weight is 226 g/mol. The highest BCUT2D eigenvalue weighted by molar-refractivity contribution is 5.77. The molecule has 90 valence electrons. The van der Waals surface area contributed by atoms with Crippen LogP contribution in [0.1, 0.15) is 0 Å². The van der Waals surface area contributed by atoms with Crippen molar-refractivity contribution in [3.05, 3.63) is 18.5 Å². The molecule has 0 aliphatic carbocycles. The van der Waals surface area contributed by atoms with Gasteiger partial charge in [-0.1, -0.05) is 0 Å². The number of aromatic nitrogens is 2. The van der Waals surface area contributed by atoms with Gasteiger partial charge in [0, 0.05) is 32.6 Å². The summed E-state index contributed by atoms with van der Waals surface area (Å²) in [6, 6.07) is 1.87. The third-order valence-corrected chi connectivity index (χ3v) is 1.99. The molecule has 1 heterocycles. The minimum absolute atomic E-state index is 0.0162. The number of hydrogen-bond donors (Lipinski definition) is 2. The average Bonchev–Trinajstić information content (AvgIpc) is 2.78. The third-order valence-electron chi connectivity index (χ3n) is 1.99. The second-order valence-electron chi connectivity index (χ2n) is 3.29. The van der Waals surface area contributed by atoms with Crippen LogP contribution < -0.4 is 10.6 Å². The van der Waals surface area contributed by atoms with Crippen LogP contribution in [0.25, 0.3) is 0 Å². The maximum Gasteiger partial charge on any atom is 0.234 e. The Bertz CT molecular complexity index is 287. The number of ether oxygens (including phenoxy) is 1. The molecule has 0 saturated carbocycles. The SMILES string of the molecule is COCCNC(=O)CNCCn1cccn1. The molecular weight excluding hydrogens is 208 g/mol. The zero-order valence-electron chi connectivity index (χ0n) is 9.48. The Morgan fingerprint density at radius 3 is 3.06 bits per heavy atom. The largest absolute Gasteiger partial charge is 0.383 e. The minimum atomic E-state index is -0.0162. The smallest absolute Gasteiger partial charge is 0.234 e. The standard InChI is InChI=1S/C10H18N4O2/c1-16-8-5-12-10(15)9-11-4-7-14-6-2-3-13-14/h2-3,6,11H,4-5,7-9H2,1H3,(H,12,15). The van der Waals surface area contributed by atoms with E-state index in [2.05, 4.69) is 15.7 Å². The summed E-state index contributed by atoms with van der Waals surface area (Å²) in [5.41, 5.74) is 0. The summed E-state index contributed by atoms with van der Waals surface area (Å²) in [7, 11) is 1.61. The summed E-state index contributed by atoms with van der Waals surface area (Å²) in [6.07, 6.45) is 3.62. The fraction of sp³-hybridized carbons (Fsp3) is 0.600. The van der Waals surface area contributed by atoms with Crippen molar-refractivity contribution < 1.29 is 9.53 Å². The second-order valence-corrected chi connectivity index (χ2v) is 3.29. The molecule has 0 aromatic carbocycles. The van der Waals surface area contributed by atoms with Gasteiger partial charge in [-0.15, -0.1) is 0 Å². The Labute approximate surface area is 95.0 Å². The molecule has 0 bridgehead atoms. The van der Waals surface area contributed by atoms with E-state index in [0.29, 0.717) is 19.7 Å². The Hall–Kier alpha value is -1.40. The van der Waals surface area contributed by atoms with Gasteiger partial charge in [0.25, 0.3) is 0 Å². The first-order chi connectivity index (χ1) is 7.83. The van der Waals surface area contributed by atoms with Crippen molar-refractivity contribution in [2.45, 2.75) is 6.54 Å². The first kappa shape index (κ1) is 12.7. The Balaban J connectivity index is 1.96. The van der Waals surface area contributed by atoms with Crippen LogP contribution in [0.4, 0.5) is 0 Å². The van der Waals surface area contributed by atoms with Crippen LogP contribution in [-0.4, -0.2) is 49.0 Å². The zero-order valence-corrected chi connectivity index (χ0v) is 9.48. The van der Waals surface area contributed by atoms with Gasteiger partial charge in [-0.3, -0.25) is 9.48 Å². The highest BCUT2D eigenvalue weighted by Crippen LogP contribution is 1.81. The Kier molecular flexibility index (Phi) is 6.20. The van der Waals surface area contributed by atoms with Crippen LogP contribution in [0.15, 0.2) is 18.5 Å². The van der Waals surface area contributed by atoms with Crippen LogP contribution in [0, 0.1) is 0 Å². The normalized spacial score (nSPS) is 10.3. The molecule has 0 fully saturated rings. The number of rotatable bonds is 8. The summed E-state index contributed by atoms with van der Waals surface area (Å²) < 4.78 is 6.64. The van der Waals surface area contributed by atoms with Crippen LogP contribution >= 0.6 is 0 Å². The van der Waals surface area contributed by atoms with Gasteiger partial charge in [-0.05, 0) is 6.07 Å². The number of amides is 1. The van der Waals surface area contributed by atoms with Gasteiger partial charge >= 0.3 is 0 Å². The van der Waals surface area contributed by atoms with E-state index in [4.69, 9.17) is 4.74 Å². The van der Waals surface area contributed by atoms with Crippen molar-refractivity contribution in [2.75, 3.05) is 33.4 Å². The van der Waals surface area contributed by atoms with E-state index < -0.39 is 0 Å². The van der Waals surface area contributed by atoms with Crippen LogP contribution in [0.5, 0.6) is 0 Å². The summed E-state index contributed by atoms with van der Waals surface area (Å²) >= 11 is 0. The molecule has 16 heavy (non-hydrogen) atoms.